The topological polar surface area (TPSA) is 75.6 Å². The third-order valence-electron chi connectivity index (χ3n) is 5.35. The second kappa shape index (κ2) is 8.36. The van der Waals surface area contributed by atoms with Gasteiger partial charge in [-0.1, -0.05) is 36.0 Å². The largest absolute Gasteiger partial charge is 0.346 e. The summed E-state index contributed by atoms with van der Waals surface area (Å²) in [5, 5.41) is 3.89. The van der Waals surface area contributed by atoms with Crippen molar-refractivity contribution in [2.45, 2.75) is 43.3 Å². The van der Waals surface area contributed by atoms with Crippen molar-refractivity contribution in [3.8, 4) is 0 Å². The smallest absolute Gasteiger partial charge is 0.251 e. The summed E-state index contributed by atoms with van der Waals surface area (Å²) in [4.78, 5) is 25.0. The number of fused-ring (bicyclic) bond motifs is 2. The lowest BCUT2D eigenvalue weighted by Crippen LogP contribution is -2.22. The van der Waals surface area contributed by atoms with E-state index in [2.05, 4.69) is 31.0 Å². The van der Waals surface area contributed by atoms with E-state index in [1.54, 1.807) is 11.8 Å². The molecule has 6 nitrogen and oxygen atoms in total. The number of H-pyrrole nitrogens is 1. The SMILES string of the molecule is O=C(NCc1cn2c(n1)CCCC2)c1ccc(CSc2nc3ccccc3[nH]2)cc1. The maximum atomic E-state index is 12.5. The Morgan fingerprint density at radius 2 is 1.97 bits per heavy atom. The number of benzene rings is 2. The predicted molar refractivity (Wildman–Crippen MR) is 118 cm³/mol. The van der Waals surface area contributed by atoms with Crippen molar-refractivity contribution in [2.24, 2.45) is 0 Å². The molecule has 0 radical (unpaired) electrons. The molecule has 2 aromatic heterocycles. The van der Waals surface area contributed by atoms with E-state index >= 15 is 0 Å². The van der Waals surface area contributed by atoms with Crippen molar-refractivity contribution < 1.29 is 4.79 Å². The zero-order valence-electron chi connectivity index (χ0n) is 16.6. The summed E-state index contributed by atoms with van der Waals surface area (Å²) in [5.74, 6) is 1.86. The van der Waals surface area contributed by atoms with Crippen LogP contribution in [0, 0.1) is 0 Å². The molecule has 0 fully saturated rings. The van der Waals surface area contributed by atoms with Crippen molar-refractivity contribution in [3.05, 3.63) is 77.4 Å². The van der Waals surface area contributed by atoms with Crippen molar-refractivity contribution in [3.63, 3.8) is 0 Å². The Morgan fingerprint density at radius 1 is 1.10 bits per heavy atom. The molecule has 5 rings (SSSR count). The molecule has 7 heteroatoms. The van der Waals surface area contributed by atoms with E-state index < -0.39 is 0 Å². The third-order valence-corrected chi connectivity index (χ3v) is 6.29. The number of rotatable bonds is 6. The van der Waals surface area contributed by atoms with E-state index in [1.807, 2.05) is 48.5 Å². The number of para-hydroxylation sites is 2. The standard InChI is InChI=1S/C23H23N5OS/c29-22(24-13-18-14-28-12-4-3-7-21(28)25-18)17-10-8-16(9-11-17)15-30-23-26-19-5-1-2-6-20(19)27-23/h1-2,5-6,8-11,14H,3-4,7,12-13,15H2,(H,24,29)(H,26,27). The number of carbonyl (C=O) groups is 1. The van der Waals surface area contributed by atoms with Crippen LogP contribution >= 0.6 is 11.8 Å². The van der Waals surface area contributed by atoms with E-state index in [4.69, 9.17) is 0 Å². The highest BCUT2D eigenvalue weighted by Crippen LogP contribution is 2.23. The van der Waals surface area contributed by atoms with Gasteiger partial charge in [0.2, 0.25) is 0 Å². The summed E-state index contributed by atoms with van der Waals surface area (Å²) in [6.45, 7) is 1.49. The molecule has 1 aliphatic rings. The summed E-state index contributed by atoms with van der Waals surface area (Å²) >= 11 is 1.66. The van der Waals surface area contributed by atoms with Crippen molar-refractivity contribution in [1.29, 1.82) is 0 Å². The van der Waals surface area contributed by atoms with Gasteiger partial charge >= 0.3 is 0 Å². The van der Waals surface area contributed by atoms with Crippen molar-refractivity contribution >= 4 is 28.7 Å². The molecule has 0 saturated heterocycles. The van der Waals surface area contributed by atoms with Gasteiger partial charge in [0, 0.05) is 30.5 Å². The maximum Gasteiger partial charge on any atom is 0.251 e. The fourth-order valence-corrected chi connectivity index (χ4v) is 4.57. The highest BCUT2D eigenvalue weighted by atomic mass is 32.2. The maximum absolute atomic E-state index is 12.5. The Balaban J connectivity index is 1.16. The molecular formula is C23H23N5OS. The fourth-order valence-electron chi connectivity index (χ4n) is 3.73. The summed E-state index contributed by atoms with van der Waals surface area (Å²) in [6.07, 6.45) is 5.49. The fraction of sp³-hybridized carbons (Fsp3) is 0.261. The molecule has 0 unspecified atom stereocenters. The highest BCUT2D eigenvalue weighted by Gasteiger charge is 2.13. The third kappa shape index (κ3) is 4.11. The van der Waals surface area contributed by atoms with Crippen LogP contribution in [0.3, 0.4) is 0 Å². The van der Waals surface area contributed by atoms with Crippen LogP contribution in [0.2, 0.25) is 0 Å². The molecule has 152 valence electrons. The lowest BCUT2D eigenvalue weighted by atomic mass is 10.1. The van der Waals surface area contributed by atoms with E-state index in [0.717, 1.165) is 52.0 Å². The van der Waals surface area contributed by atoms with Gasteiger partial charge < -0.3 is 14.9 Å². The zero-order chi connectivity index (χ0) is 20.3. The number of hydrogen-bond acceptors (Lipinski definition) is 4. The molecule has 0 bridgehead atoms. The van der Waals surface area contributed by atoms with Gasteiger partial charge in [-0.3, -0.25) is 4.79 Å². The number of aryl methyl sites for hydroxylation is 2. The molecule has 2 aromatic carbocycles. The summed E-state index contributed by atoms with van der Waals surface area (Å²) in [5.41, 5.74) is 4.77. The average molecular weight is 418 g/mol. The zero-order valence-corrected chi connectivity index (χ0v) is 17.4. The number of nitrogens with one attached hydrogen (secondary N) is 2. The number of aromatic amines is 1. The monoisotopic (exact) mass is 417 g/mol. The summed E-state index contributed by atoms with van der Waals surface area (Å²) in [6, 6.07) is 15.8. The van der Waals surface area contributed by atoms with Crippen molar-refractivity contribution in [1.82, 2.24) is 24.8 Å². The van der Waals surface area contributed by atoms with Gasteiger partial charge in [-0.15, -0.1) is 0 Å². The van der Waals surface area contributed by atoms with Crippen LogP contribution in [-0.2, 0) is 25.3 Å². The molecule has 0 spiro atoms. The van der Waals surface area contributed by atoms with Gasteiger partial charge in [0.15, 0.2) is 5.16 Å². The lowest BCUT2D eigenvalue weighted by molar-refractivity contribution is 0.0950. The van der Waals surface area contributed by atoms with Gasteiger partial charge in [-0.2, -0.15) is 0 Å². The van der Waals surface area contributed by atoms with Gasteiger partial charge in [0.1, 0.15) is 5.82 Å². The van der Waals surface area contributed by atoms with Crippen LogP contribution in [0.15, 0.2) is 59.9 Å². The van der Waals surface area contributed by atoms with Crippen LogP contribution in [0.5, 0.6) is 0 Å². The number of carbonyl (C=O) groups excluding carboxylic acids is 1. The van der Waals surface area contributed by atoms with Gasteiger partial charge in [-0.05, 0) is 42.7 Å². The first-order valence-electron chi connectivity index (χ1n) is 10.2. The van der Waals surface area contributed by atoms with Crippen LogP contribution in [-0.4, -0.2) is 25.4 Å². The van der Waals surface area contributed by atoms with Crippen LogP contribution in [0.1, 0.15) is 40.3 Å². The minimum atomic E-state index is -0.0718. The molecule has 0 aliphatic carbocycles. The first kappa shape index (κ1) is 18.9. The summed E-state index contributed by atoms with van der Waals surface area (Å²) < 4.78 is 2.21. The average Bonchev–Trinajstić information content (AvgIpc) is 3.39. The normalized spacial score (nSPS) is 13.3. The molecule has 3 heterocycles. The van der Waals surface area contributed by atoms with E-state index in [9.17, 15) is 4.79 Å². The molecule has 30 heavy (non-hydrogen) atoms. The Bertz CT molecular complexity index is 1120. The molecule has 0 atom stereocenters. The number of aromatic nitrogens is 4. The number of imidazole rings is 2. The minimum Gasteiger partial charge on any atom is -0.346 e. The molecule has 1 amide bonds. The molecule has 1 aliphatic heterocycles. The minimum absolute atomic E-state index is 0.0718. The van der Waals surface area contributed by atoms with Gasteiger partial charge in [0.25, 0.3) is 5.91 Å². The van der Waals surface area contributed by atoms with E-state index in [1.165, 1.54) is 12.8 Å². The Kier molecular flexibility index (Phi) is 5.27. The summed E-state index contributed by atoms with van der Waals surface area (Å²) in [7, 11) is 0. The van der Waals surface area contributed by atoms with Crippen LogP contribution in [0.4, 0.5) is 0 Å². The Morgan fingerprint density at radius 3 is 2.80 bits per heavy atom. The quantitative estimate of drug-likeness (QED) is 0.458. The predicted octanol–water partition coefficient (Wildman–Crippen LogP) is 4.32. The van der Waals surface area contributed by atoms with Gasteiger partial charge in [0.05, 0.1) is 23.3 Å². The Labute approximate surface area is 179 Å². The Hall–Kier alpha value is -3.06. The van der Waals surface area contributed by atoms with Crippen LogP contribution < -0.4 is 5.32 Å². The van der Waals surface area contributed by atoms with Gasteiger partial charge in [-0.25, -0.2) is 9.97 Å². The number of hydrogen-bond donors (Lipinski definition) is 2. The second-order valence-corrected chi connectivity index (χ2v) is 8.49. The second-order valence-electron chi connectivity index (χ2n) is 7.53. The number of nitrogens with zero attached hydrogens (tertiary/aromatic N) is 3. The first-order chi connectivity index (χ1) is 14.7. The molecule has 2 N–H and O–H groups in total. The van der Waals surface area contributed by atoms with E-state index in [-0.39, 0.29) is 5.91 Å². The first-order valence-corrected chi connectivity index (χ1v) is 11.2. The molecule has 0 saturated carbocycles. The molecular weight excluding hydrogens is 394 g/mol. The number of thioether (sulfide) groups is 1. The number of amides is 1. The van der Waals surface area contributed by atoms with Crippen molar-refractivity contribution in [2.75, 3.05) is 0 Å². The highest BCUT2D eigenvalue weighted by molar-refractivity contribution is 7.98. The van der Waals surface area contributed by atoms with E-state index in [0.29, 0.717) is 12.1 Å². The lowest BCUT2D eigenvalue weighted by Gasteiger charge is -2.11. The van der Waals surface area contributed by atoms with Crippen LogP contribution in [0.25, 0.3) is 11.0 Å². The molecule has 4 aromatic rings.